The summed E-state index contributed by atoms with van der Waals surface area (Å²) in [7, 11) is 1.36. The van der Waals surface area contributed by atoms with Crippen LogP contribution in [0, 0.1) is 44.4 Å². The van der Waals surface area contributed by atoms with Crippen molar-refractivity contribution < 1.29 is 24.2 Å². The molecule has 5 heterocycles. The number of rotatable bonds is 12. The van der Waals surface area contributed by atoms with Gasteiger partial charge in [0.25, 0.3) is 0 Å². The van der Waals surface area contributed by atoms with Crippen LogP contribution in [0.15, 0.2) is 17.3 Å². The maximum Gasteiger partial charge on any atom is 0.320 e. The van der Waals surface area contributed by atoms with Crippen LogP contribution < -0.4 is 26.6 Å². The number of aromatic nitrogens is 3. The Morgan fingerprint density at radius 2 is 1.61 bits per heavy atom. The SMILES string of the molecule is CCc1c2[nH]c(c1C)/C=C1\NC(C3=c4[nH]c(c(C)c4=C(O)[C@@H]3C(=O)OC)/C=c3\[nH]/c(c(C)c3CC)=C\2)[C@@H](CCC(=O)OC/C=C(\C)CCCC(C)C)[C@@H]1C. The number of aromatic amines is 3. The van der Waals surface area contributed by atoms with Crippen molar-refractivity contribution in [3.8, 4) is 0 Å². The van der Waals surface area contributed by atoms with Crippen LogP contribution in [0.1, 0.15) is 119 Å². The predicted octanol–water partition coefficient (Wildman–Crippen LogP) is 5.67. The second-order valence-corrected chi connectivity index (χ2v) is 16.1. The first-order chi connectivity index (χ1) is 25.8. The van der Waals surface area contributed by atoms with Crippen molar-refractivity contribution in [3.05, 3.63) is 83.5 Å². The summed E-state index contributed by atoms with van der Waals surface area (Å²) in [6, 6.07) is -0.370. The molecule has 8 bridgehead atoms. The Bertz CT molecular complexity index is 2260. The summed E-state index contributed by atoms with van der Waals surface area (Å²) >= 11 is 0. The number of aliphatic hydroxyl groups is 1. The number of carbonyl (C=O) groups excluding carboxylic acids is 2. The Morgan fingerprint density at radius 3 is 2.30 bits per heavy atom. The van der Waals surface area contributed by atoms with Crippen molar-refractivity contribution >= 4 is 41.5 Å². The van der Waals surface area contributed by atoms with E-state index in [1.807, 2.05) is 13.0 Å². The number of aliphatic hydroxyl groups excluding tert-OH is 1. The van der Waals surface area contributed by atoms with Crippen LogP contribution in [0.25, 0.3) is 29.6 Å². The third-order valence-electron chi connectivity index (χ3n) is 12.3. The number of carbonyl (C=O) groups is 2. The van der Waals surface area contributed by atoms with Crippen molar-refractivity contribution in [2.45, 2.75) is 113 Å². The molecule has 0 radical (unpaired) electrons. The van der Waals surface area contributed by atoms with E-state index in [2.05, 4.69) is 93.9 Å². The highest BCUT2D eigenvalue weighted by molar-refractivity contribution is 5.95. The topological polar surface area (TPSA) is 132 Å². The Kier molecular flexibility index (Phi) is 11.6. The second kappa shape index (κ2) is 16.0. The van der Waals surface area contributed by atoms with Crippen LogP contribution in [-0.2, 0) is 31.9 Å². The summed E-state index contributed by atoms with van der Waals surface area (Å²) in [4.78, 5) is 37.9. The molecule has 4 atom stereocenters. The Hall–Kier alpha value is -4.66. The van der Waals surface area contributed by atoms with Crippen LogP contribution in [0.4, 0.5) is 0 Å². The van der Waals surface area contributed by atoms with Gasteiger partial charge >= 0.3 is 11.9 Å². The minimum absolute atomic E-state index is 0.000712. The van der Waals surface area contributed by atoms with Gasteiger partial charge in [0.2, 0.25) is 0 Å². The molecule has 9 nitrogen and oxygen atoms in total. The van der Waals surface area contributed by atoms with E-state index in [0.29, 0.717) is 17.6 Å². The van der Waals surface area contributed by atoms with E-state index in [4.69, 9.17) is 9.47 Å². The van der Waals surface area contributed by atoms with E-state index >= 15 is 0 Å². The predicted molar refractivity (Wildman–Crippen MR) is 216 cm³/mol. The number of allylic oxidation sites excluding steroid dienone is 2. The maximum atomic E-state index is 13.6. The number of hydrogen-bond donors (Lipinski definition) is 5. The molecule has 2 aliphatic heterocycles. The molecule has 1 aliphatic carbocycles. The van der Waals surface area contributed by atoms with Crippen LogP contribution in [0.2, 0.25) is 0 Å². The zero-order chi connectivity index (χ0) is 39.0. The van der Waals surface area contributed by atoms with Gasteiger partial charge in [0.15, 0.2) is 0 Å². The number of esters is 2. The molecule has 3 aliphatic rings. The number of fused-ring (bicyclic) bond motifs is 8. The highest BCUT2D eigenvalue weighted by Gasteiger charge is 2.47. The summed E-state index contributed by atoms with van der Waals surface area (Å²) < 4.78 is 11.0. The number of methoxy groups -OCH3 is 1. The molecule has 0 spiro atoms. The van der Waals surface area contributed by atoms with Crippen LogP contribution >= 0.6 is 0 Å². The summed E-state index contributed by atoms with van der Waals surface area (Å²) in [5, 5.41) is 19.1. The van der Waals surface area contributed by atoms with E-state index in [1.165, 1.54) is 41.4 Å². The lowest BCUT2D eigenvalue weighted by Gasteiger charge is -2.26. The fourth-order valence-corrected chi connectivity index (χ4v) is 9.03. The smallest absolute Gasteiger partial charge is 0.320 e. The first-order valence-electron chi connectivity index (χ1n) is 19.9. The summed E-state index contributed by atoms with van der Waals surface area (Å²) in [5.41, 5.74) is 11.7. The molecule has 5 N–H and O–H groups in total. The molecule has 0 saturated carbocycles. The van der Waals surface area contributed by atoms with E-state index in [9.17, 15) is 14.7 Å². The van der Waals surface area contributed by atoms with Gasteiger partial charge in [-0.15, -0.1) is 0 Å². The zero-order valence-corrected chi connectivity index (χ0v) is 33.9. The molecule has 1 unspecified atom stereocenters. The summed E-state index contributed by atoms with van der Waals surface area (Å²) in [6.07, 6.45) is 14.4. The van der Waals surface area contributed by atoms with Gasteiger partial charge in [-0.3, -0.25) is 9.59 Å². The molecule has 3 aromatic heterocycles. The van der Waals surface area contributed by atoms with E-state index in [1.54, 1.807) is 0 Å². The number of H-pyrrole nitrogens is 3. The average Bonchev–Trinajstić information content (AvgIpc) is 3.87. The van der Waals surface area contributed by atoms with Crippen molar-refractivity contribution in [1.82, 2.24) is 20.3 Å². The standard InChI is InChI=1S/C45H60N4O5/c1-11-29-25(6)32-20-34-27(8)31(16-17-38(50)54-19-18-24(5)15-13-14-23(3)4)42(48-34)40-41(45(52)53-10)44(51)39-28(9)35(49-43(39)40)22-37-30(12-2)26(7)33(47-37)21-36(29)46-32/h18,20-23,27,31,41-42,46-49,51H,11-17,19H2,1-10H3/b24-18+,33-21-,34-20-,37-22-/t27-,31-,41+,42?/m0/s1. The number of hydrogen-bond acceptors (Lipinski definition) is 6. The molecular weight excluding hydrogens is 677 g/mol. The highest BCUT2D eigenvalue weighted by atomic mass is 16.5. The van der Waals surface area contributed by atoms with Gasteiger partial charge in [-0.2, -0.15) is 0 Å². The molecule has 0 aromatic carbocycles. The molecule has 290 valence electrons. The van der Waals surface area contributed by atoms with Gasteiger partial charge in [0, 0.05) is 51.0 Å². The molecule has 0 amide bonds. The molecular formula is C45H60N4O5. The van der Waals surface area contributed by atoms with E-state index < -0.39 is 11.9 Å². The quantitative estimate of drug-likeness (QED) is 0.120. The lowest BCUT2D eigenvalue weighted by atomic mass is 9.80. The average molecular weight is 737 g/mol. The fraction of sp³-hybridized carbons (Fsp3) is 0.511. The van der Waals surface area contributed by atoms with Crippen LogP contribution in [0.3, 0.4) is 0 Å². The normalized spacial score (nSPS) is 22.7. The van der Waals surface area contributed by atoms with Crippen molar-refractivity contribution in [2.24, 2.45) is 23.7 Å². The van der Waals surface area contributed by atoms with E-state index in [0.717, 1.165) is 75.6 Å². The third-order valence-corrected chi connectivity index (χ3v) is 12.3. The number of nitrogens with one attached hydrogen (secondary N) is 4. The Balaban J connectivity index is 1.46. The van der Waals surface area contributed by atoms with Gasteiger partial charge in [-0.05, 0) is 129 Å². The zero-order valence-electron chi connectivity index (χ0n) is 33.9. The first kappa shape index (κ1) is 39.0. The highest BCUT2D eigenvalue weighted by Crippen LogP contribution is 2.42. The van der Waals surface area contributed by atoms with Gasteiger partial charge in [0.1, 0.15) is 18.3 Å². The lowest BCUT2D eigenvalue weighted by Crippen LogP contribution is -2.38. The van der Waals surface area contributed by atoms with Gasteiger partial charge in [-0.1, -0.05) is 46.6 Å². The van der Waals surface area contributed by atoms with Gasteiger partial charge < -0.3 is 34.8 Å². The Labute approximate surface area is 319 Å². The van der Waals surface area contributed by atoms with Crippen molar-refractivity contribution in [3.63, 3.8) is 0 Å². The van der Waals surface area contributed by atoms with Crippen LogP contribution in [-0.4, -0.2) is 51.8 Å². The monoisotopic (exact) mass is 736 g/mol. The fourth-order valence-electron chi connectivity index (χ4n) is 9.03. The first-order valence-corrected chi connectivity index (χ1v) is 19.9. The minimum atomic E-state index is -0.976. The van der Waals surface area contributed by atoms with Crippen molar-refractivity contribution in [2.75, 3.05) is 13.7 Å². The Morgan fingerprint density at radius 1 is 0.907 bits per heavy atom. The molecule has 3 aromatic rings. The summed E-state index contributed by atoms with van der Waals surface area (Å²) in [6.45, 7) is 19.7. The molecule has 1 fully saturated rings. The number of ether oxygens (including phenoxy) is 2. The van der Waals surface area contributed by atoms with Crippen LogP contribution in [0.5, 0.6) is 0 Å². The van der Waals surface area contributed by atoms with Crippen molar-refractivity contribution in [1.29, 1.82) is 0 Å². The molecule has 54 heavy (non-hydrogen) atoms. The molecule has 6 rings (SSSR count). The minimum Gasteiger partial charge on any atom is -0.510 e. The third kappa shape index (κ3) is 7.26. The lowest BCUT2D eigenvalue weighted by molar-refractivity contribution is -0.143. The summed E-state index contributed by atoms with van der Waals surface area (Å²) in [5.74, 6) is -1.15. The van der Waals surface area contributed by atoms with Gasteiger partial charge in [0.05, 0.1) is 18.5 Å². The van der Waals surface area contributed by atoms with Gasteiger partial charge in [-0.25, -0.2) is 0 Å². The molecule has 9 heteroatoms. The van der Waals surface area contributed by atoms with E-state index in [-0.39, 0.29) is 42.6 Å². The second-order valence-electron chi connectivity index (χ2n) is 16.1. The maximum absolute atomic E-state index is 13.6. The largest absolute Gasteiger partial charge is 0.510 e. The molecule has 1 saturated heterocycles.